The first-order valence-corrected chi connectivity index (χ1v) is 3.38. The Morgan fingerprint density at radius 2 is 2.00 bits per heavy atom. The molecule has 0 saturated carbocycles. The average molecular weight is 179 g/mol. The maximum atomic E-state index is 10.7. The molecule has 0 fully saturated rings. The molecule has 0 aromatic heterocycles. The molecule has 0 saturated heterocycles. The Morgan fingerprint density at radius 3 is 2.33 bits per heavy atom. The molecule has 6 nitrogen and oxygen atoms in total. The third kappa shape index (κ3) is 3.24. The van der Waals surface area contributed by atoms with Crippen LogP contribution in [-0.4, -0.2) is 51.3 Å². The molecule has 2 atom stereocenters. The summed E-state index contributed by atoms with van der Waals surface area (Å²) in [5.74, 6) is -0.991. The summed E-state index contributed by atoms with van der Waals surface area (Å²) in [6, 6.07) is 0. The number of rotatable bonds is 5. The minimum Gasteiger partial charge on any atom is -0.394 e. The maximum absolute atomic E-state index is 10.7. The second kappa shape index (κ2) is 4.48. The van der Waals surface area contributed by atoms with Gasteiger partial charge in [0.2, 0.25) is 5.78 Å². The largest absolute Gasteiger partial charge is 0.394 e. The Bertz CT molecular complexity index is 158. The monoisotopic (exact) mass is 179 g/mol. The van der Waals surface area contributed by atoms with E-state index in [4.69, 9.17) is 26.2 Å². The summed E-state index contributed by atoms with van der Waals surface area (Å²) in [4.78, 5) is 10.7. The lowest BCUT2D eigenvalue weighted by Gasteiger charge is -2.22. The van der Waals surface area contributed by atoms with Gasteiger partial charge in [0.05, 0.1) is 12.7 Å². The van der Waals surface area contributed by atoms with Crippen molar-refractivity contribution in [1.82, 2.24) is 0 Å². The second-order valence-corrected chi connectivity index (χ2v) is 2.55. The third-order valence-corrected chi connectivity index (χ3v) is 1.38. The number of aliphatic hydroxyl groups excluding tert-OH is 3. The van der Waals surface area contributed by atoms with E-state index in [9.17, 15) is 4.79 Å². The van der Waals surface area contributed by atoms with Crippen molar-refractivity contribution in [3.05, 3.63) is 0 Å². The molecule has 0 aliphatic carbocycles. The van der Waals surface area contributed by atoms with Crippen molar-refractivity contribution in [3.63, 3.8) is 0 Å². The first-order chi connectivity index (χ1) is 5.44. The van der Waals surface area contributed by atoms with E-state index in [1.165, 1.54) is 0 Å². The lowest BCUT2D eigenvalue weighted by Crippen LogP contribution is -2.52. The van der Waals surface area contributed by atoms with Crippen LogP contribution in [0.2, 0.25) is 0 Å². The predicted molar refractivity (Wildman–Crippen MR) is 38.9 cm³/mol. The van der Waals surface area contributed by atoms with Crippen molar-refractivity contribution in [2.75, 3.05) is 13.2 Å². The van der Waals surface area contributed by atoms with Crippen LogP contribution in [0.5, 0.6) is 0 Å². The lowest BCUT2D eigenvalue weighted by molar-refractivity contribution is -0.143. The van der Waals surface area contributed by atoms with Gasteiger partial charge in [-0.1, -0.05) is 0 Å². The predicted octanol–water partition coefficient (Wildman–Crippen LogP) is -3.06. The number of hydrogen-bond donors (Lipinski definition) is 5. The van der Waals surface area contributed by atoms with E-state index in [2.05, 4.69) is 0 Å². The quantitative estimate of drug-likeness (QED) is 0.285. The van der Waals surface area contributed by atoms with Gasteiger partial charge < -0.3 is 20.4 Å². The zero-order valence-corrected chi connectivity index (χ0v) is 6.47. The van der Waals surface area contributed by atoms with Gasteiger partial charge in [-0.3, -0.25) is 10.5 Å². The molecule has 72 valence electrons. The molecule has 0 heterocycles. The molecule has 0 aliphatic rings. The highest BCUT2D eigenvalue weighted by molar-refractivity contribution is 5.87. The first kappa shape index (κ1) is 11.5. The van der Waals surface area contributed by atoms with Crippen LogP contribution in [0.15, 0.2) is 0 Å². The van der Waals surface area contributed by atoms with Crippen molar-refractivity contribution in [1.29, 1.82) is 0 Å². The van der Waals surface area contributed by atoms with Crippen molar-refractivity contribution < 1.29 is 25.2 Å². The van der Waals surface area contributed by atoms with E-state index in [0.717, 1.165) is 0 Å². The van der Waals surface area contributed by atoms with Gasteiger partial charge in [-0.05, 0) is 0 Å². The first-order valence-electron chi connectivity index (χ1n) is 3.38. The van der Waals surface area contributed by atoms with Gasteiger partial charge in [0.1, 0.15) is 6.61 Å². The van der Waals surface area contributed by atoms with Crippen LogP contribution in [0, 0.1) is 0 Å². The summed E-state index contributed by atoms with van der Waals surface area (Å²) in [7, 11) is 0. The van der Waals surface area contributed by atoms with Gasteiger partial charge in [0, 0.05) is 6.42 Å². The molecule has 0 rings (SSSR count). The molecule has 6 N–H and O–H groups in total. The zero-order valence-electron chi connectivity index (χ0n) is 6.47. The molecular formula is C6H13NO5. The summed E-state index contributed by atoms with van der Waals surface area (Å²) in [5.41, 5.74) is 2.76. The molecule has 0 aromatic rings. The topological polar surface area (TPSA) is 124 Å². The van der Waals surface area contributed by atoms with Gasteiger partial charge in [-0.15, -0.1) is 0 Å². The average Bonchev–Trinajstić information content (AvgIpc) is 2.02. The Kier molecular flexibility index (Phi) is 4.29. The number of ketones is 1. The molecule has 0 aliphatic heterocycles. The number of carbonyl (C=O) groups is 1. The van der Waals surface area contributed by atoms with Gasteiger partial charge >= 0.3 is 0 Å². The number of nitrogens with two attached hydrogens (primary N) is 1. The van der Waals surface area contributed by atoms with Gasteiger partial charge in [-0.25, -0.2) is 0 Å². The highest BCUT2D eigenvalue weighted by Crippen LogP contribution is 2.06. The molecular weight excluding hydrogens is 166 g/mol. The number of hydrogen-bond acceptors (Lipinski definition) is 6. The normalized spacial score (nSPS) is 18.4. The van der Waals surface area contributed by atoms with Crippen LogP contribution in [0.25, 0.3) is 0 Å². The molecule has 0 bridgehead atoms. The third-order valence-electron chi connectivity index (χ3n) is 1.38. The molecule has 0 radical (unpaired) electrons. The lowest BCUT2D eigenvalue weighted by atomic mass is 10.0. The van der Waals surface area contributed by atoms with Crippen molar-refractivity contribution in [3.8, 4) is 0 Å². The SMILES string of the molecule is N[C@](O)(C[C@H](O)CO)C(=O)CO. The summed E-state index contributed by atoms with van der Waals surface area (Å²) in [6.45, 7) is -1.50. The van der Waals surface area contributed by atoms with E-state index in [1.807, 2.05) is 0 Å². The molecule has 0 unspecified atom stereocenters. The summed E-state index contributed by atoms with van der Waals surface area (Å²) >= 11 is 0. The van der Waals surface area contributed by atoms with Crippen LogP contribution >= 0.6 is 0 Å². The van der Waals surface area contributed by atoms with E-state index in [0.29, 0.717) is 0 Å². The summed E-state index contributed by atoms with van der Waals surface area (Å²) < 4.78 is 0. The molecule has 0 aromatic carbocycles. The molecule has 0 amide bonds. The molecule has 12 heavy (non-hydrogen) atoms. The van der Waals surface area contributed by atoms with Crippen LogP contribution in [0.1, 0.15) is 6.42 Å². The zero-order chi connectivity index (χ0) is 9.78. The van der Waals surface area contributed by atoms with Crippen LogP contribution in [0.4, 0.5) is 0 Å². The minimum atomic E-state index is -2.27. The number of carbonyl (C=O) groups excluding carboxylic acids is 1. The smallest absolute Gasteiger partial charge is 0.204 e. The van der Waals surface area contributed by atoms with Crippen molar-refractivity contribution >= 4 is 5.78 Å². The van der Waals surface area contributed by atoms with Gasteiger partial charge in [0.25, 0.3) is 0 Å². The van der Waals surface area contributed by atoms with E-state index in [1.54, 1.807) is 0 Å². The minimum absolute atomic E-state index is 0.497. The highest BCUT2D eigenvalue weighted by Gasteiger charge is 2.32. The van der Waals surface area contributed by atoms with Gasteiger partial charge in [0.15, 0.2) is 5.72 Å². The van der Waals surface area contributed by atoms with Crippen LogP contribution in [0.3, 0.4) is 0 Å². The highest BCUT2D eigenvalue weighted by atomic mass is 16.3. The fourth-order valence-electron chi connectivity index (χ4n) is 0.675. The van der Waals surface area contributed by atoms with E-state index >= 15 is 0 Å². The Labute approximate surface area is 69.2 Å². The molecule has 0 spiro atoms. The second-order valence-electron chi connectivity index (χ2n) is 2.55. The van der Waals surface area contributed by atoms with E-state index in [-0.39, 0.29) is 0 Å². The number of aliphatic hydroxyl groups is 4. The van der Waals surface area contributed by atoms with Crippen molar-refractivity contribution in [2.24, 2.45) is 5.73 Å². The maximum Gasteiger partial charge on any atom is 0.204 e. The number of Topliss-reactive ketones (excluding diaryl/α,β-unsaturated/α-hetero) is 1. The van der Waals surface area contributed by atoms with Crippen LogP contribution in [-0.2, 0) is 4.79 Å². The summed E-state index contributed by atoms with van der Waals surface area (Å²) in [6.07, 6.45) is -1.77. The standard InChI is InChI=1S/C6H13NO5/c7-6(12,5(11)3-9)1-4(10)2-8/h4,8-10,12H,1-3,7H2/t4-,6-/m0/s1. The summed E-state index contributed by atoms with van der Waals surface area (Å²) in [5, 5.41) is 34.6. The Morgan fingerprint density at radius 1 is 1.50 bits per heavy atom. The van der Waals surface area contributed by atoms with E-state index < -0.39 is 37.2 Å². The van der Waals surface area contributed by atoms with Crippen LogP contribution < -0.4 is 5.73 Å². The molecule has 6 heteroatoms. The Hall–Kier alpha value is -0.530. The fraction of sp³-hybridized carbons (Fsp3) is 0.833. The van der Waals surface area contributed by atoms with Crippen molar-refractivity contribution in [2.45, 2.75) is 18.2 Å². The Balaban J connectivity index is 4.11. The van der Waals surface area contributed by atoms with Gasteiger partial charge in [-0.2, -0.15) is 0 Å². The fourth-order valence-corrected chi connectivity index (χ4v) is 0.675.